The first kappa shape index (κ1) is 24.2. The van der Waals surface area contributed by atoms with Crippen LogP contribution in [-0.2, 0) is 4.79 Å². The van der Waals surface area contributed by atoms with Crippen LogP contribution < -0.4 is 19.6 Å². The molecule has 1 amide bonds. The van der Waals surface area contributed by atoms with Gasteiger partial charge in [-0.1, -0.05) is 51.5 Å². The summed E-state index contributed by atoms with van der Waals surface area (Å²) in [5, 5.41) is 0. The third-order valence-corrected chi connectivity index (χ3v) is 7.41. The first-order valence-electron chi connectivity index (χ1n) is 11.1. The van der Waals surface area contributed by atoms with Crippen molar-refractivity contribution >= 4 is 39.2 Å². The first-order chi connectivity index (χ1) is 16.4. The number of aromatic nitrogens is 1. The molecule has 176 valence electrons. The van der Waals surface area contributed by atoms with Crippen LogP contribution in [0.15, 0.2) is 74.1 Å². The second-order valence-electron chi connectivity index (χ2n) is 7.88. The Balaban J connectivity index is 1.92. The van der Waals surface area contributed by atoms with Crippen LogP contribution in [0.3, 0.4) is 0 Å². The van der Waals surface area contributed by atoms with E-state index in [4.69, 9.17) is 9.73 Å². The normalized spacial score (nSPS) is 15.7. The van der Waals surface area contributed by atoms with E-state index in [1.54, 1.807) is 16.6 Å². The zero-order chi connectivity index (χ0) is 24.4. The molecule has 2 heterocycles. The molecule has 34 heavy (non-hydrogen) atoms. The van der Waals surface area contributed by atoms with E-state index >= 15 is 0 Å². The van der Waals surface area contributed by atoms with Gasteiger partial charge in [0.05, 0.1) is 29.0 Å². The number of rotatable bonds is 6. The van der Waals surface area contributed by atoms with Crippen molar-refractivity contribution in [2.45, 2.75) is 26.8 Å². The largest absolute Gasteiger partial charge is 0.497 e. The number of hydrogen-bond acceptors (Lipinski definition) is 5. The molecule has 6 nitrogen and oxygen atoms in total. The minimum atomic E-state index is -0.546. The summed E-state index contributed by atoms with van der Waals surface area (Å²) in [5.41, 5.74) is 2.77. The Morgan fingerprint density at radius 2 is 1.79 bits per heavy atom. The number of hydrogen-bond donors (Lipinski definition) is 0. The molecule has 1 atom stereocenters. The molecule has 4 rings (SSSR count). The number of fused-ring (bicyclic) bond motifs is 1. The molecule has 0 bridgehead atoms. The van der Waals surface area contributed by atoms with E-state index in [2.05, 4.69) is 15.9 Å². The fourth-order valence-corrected chi connectivity index (χ4v) is 5.40. The third kappa shape index (κ3) is 4.52. The van der Waals surface area contributed by atoms with E-state index in [-0.39, 0.29) is 11.5 Å². The van der Waals surface area contributed by atoms with Crippen molar-refractivity contribution in [2.24, 2.45) is 4.99 Å². The van der Waals surface area contributed by atoms with E-state index in [9.17, 15) is 9.59 Å². The summed E-state index contributed by atoms with van der Waals surface area (Å²) >= 11 is 4.82. The van der Waals surface area contributed by atoms with E-state index < -0.39 is 6.04 Å². The van der Waals surface area contributed by atoms with Crippen molar-refractivity contribution < 1.29 is 9.53 Å². The fraction of sp³-hybridized carbons (Fsp3) is 0.269. The van der Waals surface area contributed by atoms with Crippen LogP contribution in [0.1, 0.15) is 37.9 Å². The van der Waals surface area contributed by atoms with Gasteiger partial charge >= 0.3 is 0 Å². The summed E-state index contributed by atoms with van der Waals surface area (Å²) in [4.78, 5) is 34.3. The van der Waals surface area contributed by atoms with Gasteiger partial charge in [-0.2, -0.15) is 0 Å². The maximum Gasteiger partial charge on any atom is 0.271 e. The zero-order valence-corrected chi connectivity index (χ0v) is 21.9. The lowest BCUT2D eigenvalue weighted by Gasteiger charge is -2.29. The van der Waals surface area contributed by atoms with Crippen LogP contribution >= 0.6 is 27.3 Å². The van der Waals surface area contributed by atoms with Gasteiger partial charge in [-0.15, -0.1) is 0 Å². The van der Waals surface area contributed by atoms with Crippen molar-refractivity contribution in [1.82, 2.24) is 9.47 Å². The van der Waals surface area contributed by atoms with Crippen LogP contribution in [0.5, 0.6) is 5.75 Å². The van der Waals surface area contributed by atoms with Crippen LogP contribution in [0.4, 0.5) is 0 Å². The number of likely N-dealkylation sites (N-methyl/N-ethyl adjacent to an activating group) is 1. The zero-order valence-electron chi connectivity index (χ0n) is 19.5. The third-order valence-electron chi connectivity index (χ3n) is 5.90. The van der Waals surface area contributed by atoms with Crippen molar-refractivity contribution in [2.75, 3.05) is 20.2 Å². The summed E-state index contributed by atoms with van der Waals surface area (Å²) in [6, 6.07) is 14.7. The SMILES string of the molecule is CCN(CC)C(=O)C1=C(C)N=c2sc(=Cc3ccc(OC)cc3)c(=O)n2C1c1ccc(Br)cc1. The fourth-order valence-electron chi connectivity index (χ4n) is 4.09. The molecule has 1 aliphatic heterocycles. The number of carbonyl (C=O) groups excluding carboxylic acids is 1. The van der Waals surface area contributed by atoms with Gasteiger partial charge < -0.3 is 9.64 Å². The minimum Gasteiger partial charge on any atom is -0.497 e. The summed E-state index contributed by atoms with van der Waals surface area (Å²) in [7, 11) is 1.62. The number of amides is 1. The molecule has 0 saturated heterocycles. The maximum atomic E-state index is 13.7. The second-order valence-corrected chi connectivity index (χ2v) is 9.81. The van der Waals surface area contributed by atoms with Crippen molar-refractivity contribution in [3.63, 3.8) is 0 Å². The van der Waals surface area contributed by atoms with E-state index in [0.29, 0.717) is 33.7 Å². The molecule has 3 aromatic rings. The lowest BCUT2D eigenvalue weighted by atomic mass is 9.94. The van der Waals surface area contributed by atoms with E-state index in [1.807, 2.05) is 75.4 Å². The highest BCUT2D eigenvalue weighted by atomic mass is 79.9. The predicted molar refractivity (Wildman–Crippen MR) is 139 cm³/mol. The summed E-state index contributed by atoms with van der Waals surface area (Å²) in [5.74, 6) is 0.660. The lowest BCUT2D eigenvalue weighted by molar-refractivity contribution is -0.127. The molecule has 2 aromatic carbocycles. The van der Waals surface area contributed by atoms with Crippen LogP contribution in [0.25, 0.3) is 6.08 Å². The molecule has 1 unspecified atom stereocenters. The molecule has 0 spiro atoms. The number of allylic oxidation sites excluding steroid dienone is 1. The maximum absolute atomic E-state index is 13.7. The number of methoxy groups -OCH3 is 1. The molecule has 1 aliphatic rings. The summed E-state index contributed by atoms with van der Waals surface area (Å²) in [6.45, 7) is 6.93. The highest BCUT2D eigenvalue weighted by molar-refractivity contribution is 9.10. The molecule has 1 aromatic heterocycles. The highest BCUT2D eigenvalue weighted by Gasteiger charge is 2.34. The Morgan fingerprint density at radius 1 is 1.15 bits per heavy atom. The summed E-state index contributed by atoms with van der Waals surface area (Å²) < 4.78 is 8.38. The highest BCUT2D eigenvalue weighted by Crippen LogP contribution is 2.31. The molecular formula is C26H26BrN3O3S. The number of benzene rings is 2. The van der Waals surface area contributed by atoms with Gasteiger partial charge in [0, 0.05) is 17.6 Å². The van der Waals surface area contributed by atoms with Crippen LogP contribution in [-0.4, -0.2) is 35.6 Å². The molecule has 0 saturated carbocycles. The average Bonchev–Trinajstić information content (AvgIpc) is 3.14. The molecule has 0 N–H and O–H groups in total. The Morgan fingerprint density at radius 3 is 2.38 bits per heavy atom. The van der Waals surface area contributed by atoms with Crippen LogP contribution in [0.2, 0.25) is 0 Å². The van der Waals surface area contributed by atoms with Gasteiger partial charge in [-0.05, 0) is 62.2 Å². The second kappa shape index (κ2) is 10.1. The number of carbonyl (C=O) groups is 1. The van der Waals surface area contributed by atoms with Gasteiger partial charge in [-0.3, -0.25) is 14.2 Å². The van der Waals surface area contributed by atoms with E-state index in [1.165, 1.54) is 11.3 Å². The molecule has 0 fully saturated rings. The average molecular weight is 540 g/mol. The van der Waals surface area contributed by atoms with Crippen molar-refractivity contribution in [3.05, 3.63) is 95.1 Å². The molecule has 8 heteroatoms. The number of thiazole rings is 1. The topological polar surface area (TPSA) is 63.9 Å². The summed E-state index contributed by atoms with van der Waals surface area (Å²) in [6.07, 6.45) is 1.85. The van der Waals surface area contributed by atoms with Crippen LogP contribution in [0, 0.1) is 0 Å². The number of nitrogens with zero attached hydrogens (tertiary/aromatic N) is 3. The lowest BCUT2D eigenvalue weighted by Crippen LogP contribution is -2.43. The standard InChI is InChI=1S/C26H26BrN3O3S/c1-5-29(6-2)25(32)22-16(3)28-26-30(23(22)18-9-11-19(27)12-10-18)24(31)21(34-26)15-17-7-13-20(33-4)14-8-17/h7-15,23H,5-6H2,1-4H3. The quantitative estimate of drug-likeness (QED) is 0.477. The predicted octanol–water partition coefficient (Wildman–Crippen LogP) is 3.87. The van der Waals surface area contributed by atoms with Gasteiger partial charge in [0.2, 0.25) is 0 Å². The Hall–Kier alpha value is -2.97. The van der Waals surface area contributed by atoms with Gasteiger partial charge in [0.1, 0.15) is 5.75 Å². The number of ether oxygens (including phenoxy) is 1. The van der Waals surface area contributed by atoms with Crippen molar-refractivity contribution in [3.8, 4) is 5.75 Å². The van der Waals surface area contributed by atoms with Crippen molar-refractivity contribution in [1.29, 1.82) is 0 Å². The van der Waals surface area contributed by atoms with E-state index in [0.717, 1.165) is 21.3 Å². The molecular weight excluding hydrogens is 514 g/mol. The first-order valence-corrected chi connectivity index (χ1v) is 12.7. The Kier molecular flexibility index (Phi) is 7.19. The van der Waals surface area contributed by atoms with Gasteiger partial charge in [-0.25, -0.2) is 4.99 Å². The molecule has 0 aliphatic carbocycles. The Labute approximate surface area is 210 Å². The monoisotopic (exact) mass is 539 g/mol. The number of halogens is 1. The minimum absolute atomic E-state index is 0.0939. The Bertz CT molecular complexity index is 1420. The van der Waals surface area contributed by atoms with Gasteiger partial charge in [0.25, 0.3) is 11.5 Å². The molecule has 0 radical (unpaired) electrons. The smallest absolute Gasteiger partial charge is 0.271 e. The van der Waals surface area contributed by atoms with Gasteiger partial charge in [0.15, 0.2) is 4.80 Å².